The molecule has 3 aromatic heterocycles. The lowest BCUT2D eigenvalue weighted by molar-refractivity contribution is 0.0696. The van der Waals surface area contributed by atoms with E-state index in [1.807, 2.05) is 0 Å². The Kier molecular flexibility index (Phi) is 3.80. The molecule has 0 saturated carbocycles. The van der Waals surface area contributed by atoms with Gasteiger partial charge in [-0.15, -0.1) is 0 Å². The second kappa shape index (κ2) is 6.17. The lowest BCUT2D eigenvalue weighted by Crippen LogP contribution is -2.16. The number of rotatable bonds is 4. The number of amides is 1. The summed E-state index contributed by atoms with van der Waals surface area (Å²) in [4.78, 5) is 23.1. The van der Waals surface area contributed by atoms with E-state index in [4.69, 9.17) is 9.15 Å². The van der Waals surface area contributed by atoms with Crippen molar-refractivity contribution in [3.8, 4) is 11.5 Å². The molecule has 0 aliphatic carbocycles. The minimum absolute atomic E-state index is 0.162. The van der Waals surface area contributed by atoms with E-state index in [0.717, 1.165) is 5.39 Å². The number of carboxylic acids is 1. The number of benzene rings is 1. The highest BCUT2D eigenvalue weighted by Gasteiger charge is 2.18. The highest BCUT2D eigenvalue weighted by atomic mass is 16.5. The van der Waals surface area contributed by atoms with Crippen molar-refractivity contribution in [2.45, 2.75) is 6.92 Å². The molecule has 8 nitrogen and oxygen atoms in total. The average molecular weight is 365 g/mol. The molecule has 4 rings (SSSR count). The van der Waals surface area contributed by atoms with Crippen molar-refractivity contribution in [3.63, 3.8) is 0 Å². The Morgan fingerprint density at radius 3 is 2.81 bits per heavy atom. The quantitative estimate of drug-likeness (QED) is 0.575. The van der Waals surface area contributed by atoms with Crippen LogP contribution in [0, 0.1) is 6.92 Å². The summed E-state index contributed by atoms with van der Waals surface area (Å²) >= 11 is 0. The minimum Gasteiger partial charge on any atom is -0.478 e. The fourth-order valence-corrected chi connectivity index (χ4v) is 2.96. The van der Waals surface area contributed by atoms with Crippen molar-refractivity contribution in [2.75, 3.05) is 7.05 Å². The molecule has 3 heterocycles. The summed E-state index contributed by atoms with van der Waals surface area (Å²) in [5, 5.41) is 16.7. The molecule has 1 amide bonds. The van der Waals surface area contributed by atoms with Gasteiger partial charge in [-0.1, -0.05) is 0 Å². The molecule has 4 aromatic rings. The summed E-state index contributed by atoms with van der Waals surface area (Å²) in [7, 11) is 1.53. The van der Waals surface area contributed by atoms with Crippen LogP contribution in [-0.4, -0.2) is 33.6 Å². The van der Waals surface area contributed by atoms with Gasteiger partial charge in [-0.2, -0.15) is 5.10 Å². The zero-order valence-corrected chi connectivity index (χ0v) is 14.5. The SMILES string of the molecule is CNC(=O)c1cc2ccc(Oc3ccnn4cc(C(=O)O)c(C)c34)cc2o1. The van der Waals surface area contributed by atoms with Crippen LogP contribution in [0.5, 0.6) is 11.5 Å². The summed E-state index contributed by atoms with van der Waals surface area (Å²) in [6.07, 6.45) is 2.98. The molecular formula is C19H15N3O5. The molecule has 2 N–H and O–H groups in total. The van der Waals surface area contributed by atoms with E-state index in [9.17, 15) is 14.7 Å². The summed E-state index contributed by atoms with van der Waals surface area (Å²) < 4.78 is 13.0. The first-order chi connectivity index (χ1) is 13.0. The third-order valence-corrected chi connectivity index (χ3v) is 4.29. The van der Waals surface area contributed by atoms with Gasteiger partial charge in [-0.3, -0.25) is 4.79 Å². The van der Waals surface area contributed by atoms with E-state index in [1.165, 1.54) is 24.0 Å². The summed E-state index contributed by atoms with van der Waals surface area (Å²) in [6.45, 7) is 1.71. The summed E-state index contributed by atoms with van der Waals surface area (Å²) in [6, 6.07) is 8.52. The number of nitrogens with zero attached hydrogens (tertiary/aromatic N) is 2. The number of aromatic carboxylic acids is 1. The van der Waals surface area contributed by atoms with Crippen LogP contribution in [0.4, 0.5) is 0 Å². The van der Waals surface area contributed by atoms with Crippen LogP contribution in [-0.2, 0) is 0 Å². The van der Waals surface area contributed by atoms with Crippen molar-refractivity contribution in [1.29, 1.82) is 0 Å². The van der Waals surface area contributed by atoms with E-state index in [-0.39, 0.29) is 17.2 Å². The smallest absolute Gasteiger partial charge is 0.337 e. The van der Waals surface area contributed by atoms with Crippen molar-refractivity contribution in [2.24, 2.45) is 0 Å². The van der Waals surface area contributed by atoms with Crippen LogP contribution in [0.25, 0.3) is 16.5 Å². The topological polar surface area (TPSA) is 106 Å². The van der Waals surface area contributed by atoms with Gasteiger partial charge < -0.3 is 19.6 Å². The van der Waals surface area contributed by atoms with Crippen LogP contribution in [0.2, 0.25) is 0 Å². The Morgan fingerprint density at radius 1 is 1.26 bits per heavy atom. The molecule has 0 bridgehead atoms. The number of fused-ring (bicyclic) bond motifs is 2. The molecular weight excluding hydrogens is 350 g/mol. The van der Waals surface area contributed by atoms with Gasteiger partial charge in [-0.25, -0.2) is 9.31 Å². The van der Waals surface area contributed by atoms with E-state index < -0.39 is 5.97 Å². The van der Waals surface area contributed by atoms with Crippen molar-refractivity contribution in [3.05, 3.63) is 59.6 Å². The number of carbonyl (C=O) groups excluding carboxylic acids is 1. The molecule has 0 saturated heterocycles. The number of nitrogens with one attached hydrogen (secondary N) is 1. The lowest BCUT2D eigenvalue weighted by Gasteiger charge is -2.08. The fraction of sp³-hybridized carbons (Fsp3) is 0.105. The Balaban J connectivity index is 1.75. The first kappa shape index (κ1) is 16.6. The number of hydrogen-bond donors (Lipinski definition) is 2. The number of carbonyl (C=O) groups is 2. The number of furan rings is 1. The van der Waals surface area contributed by atoms with E-state index in [2.05, 4.69) is 10.4 Å². The number of aryl methyl sites for hydroxylation is 1. The van der Waals surface area contributed by atoms with Crippen LogP contribution in [0.3, 0.4) is 0 Å². The molecule has 27 heavy (non-hydrogen) atoms. The monoisotopic (exact) mass is 365 g/mol. The third kappa shape index (κ3) is 2.77. The van der Waals surface area contributed by atoms with Gasteiger partial charge >= 0.3 is 5.97 Å². The maximum atomic E-state index is 11.7. The summed E-state index contributed by atoms with van der Waals surface area (Å²) in [5.41, 5.74) is 1.80. The molecule has 0 spiro atoms. The molecule has 0 radical (unpaired) electrons. The predicted octanol–water partition coefficient (Wildman–Crippen LogP) is 3.24. The Hall–Kier alpha value is -3.81. The van der Waals surface area contributed by atoms with Crippen molar-refractivity contribution in [1.82, 2.24) is 14.9 Å². The molecule has 0 aliphatic heterocycles. The van der Waals surface area contributed by atoms with E-state index in [1.54, 1.807) is 37.3 Å². The van der Waals surface area contributed by atoms with Gasteiger partial charge in [0, 0.05) is 30.8 Å². The molecule has 8 heteroatoms. The Morgan fingerprint density at radius 2 is 2.07 bits per heavy atom. The number of carboxylic acid groups (broad SMARTS) is 1. The predicted molar refractivity (Wildman–Crippen MR) is 96.6 cm³/mol. The molecule has 0 fully saturated rings. The average Bonchev–Trinajstić information content (AvgIpc) is 3.22. The van der Waals surface area contributed by atoms with Gasteiger partial charge in [0.25, 0.3) is 5.91 Å². The maximum absolute atomic E-state index is 11.7. The van der Waals surface area contributed by atoms with Gasteiger partial charge in [-0.05, 0) is 30.7 Å². The first-order valence-corrected chi connectivity index (χ1v) is 8.11. The number of ether oxygens (including phenoxy) is 1. The fourth-order valence-electron chi connectivity index (χ4n) is 2.96. The zero-order valence-electron chi connectivity index (χ0n) is 14.5. The summed E-state index contributed by atoms with van der Waals surface area (Å²) in [5.74, 6) is -0.167. The lowest BCUT2D eigenvalue weighted by atomic mass is 10.2. The minimum atomic E-state index is -1.03. The molecule has 0 unspecified atom stereocenters. The van der Waals surface area contributed by atoms with Gasteiger partial charge in [0.2, 0.25) is 0 Å². The second-order valence-electron chi connectivity index (χ2n) is 5.95. The van der Waals surface area contributed by atoms with Gasteiger partial charge in [0.1, 0.15) is 16.8 Å². The van der Waals surface area contributed by atoms with Crippen LogP contribution in [0.15, 0.2) is 47.1 Å². The first-order valence-electron chi connectivity index (χ1n) is 8.11. The standard InChI is InChI=1S/C19H15N3O5/c1-10-13(19(24)25)9-22-17(10)14(5-6-21-22)26-12-4-3-11-7-16(18(23)20-2)27-15(11)8-12/h3-9H,1-2H3,(H,20,23)(H,24,25). The van der Waals surface area contributed by atoms with E-state index >= 15 is 0 Å². The molecule has 1 aromatic carbocycles. The third-order valence-electron chi connectivity index (χ3n) is 4.29. The zero-order chi connectivity index (χ0) is 19.1. The van der Waals surface area contributed by atoms with Crippen LogP contribution >= 0.6 is 0 Å². The highest BCUT2D eigenvalue weighted by Crippen LogP contribution is 2.32. The van der Waals surface area contributed by atoms with Crippen molar-refractivity contribution >= 4 is 28.4 Å². The maximum Gasteiger partial charge on any atom is 0.337 e. The molecule has 0 aliphatic rings. The normalized spacial score (nSPS) is 11.0. The second-order valence-corrected chi connectivity index (χ2v) is 5.95. The largest absolute Gasteiger partial charge is 0.478 e. The van der Waals surface area contributed by atoms with Gasteiger partial charge in [0.15, 0.2) is 11.5 Å². The number of hydrogen-bond acceptors (Lipinski definition) is 5. The van der Waals surface area contributed by atoms with Gasteiger partial charge in [0.05, 0.1) is 11.8 Å². The van der Waals surface area contributed by atoms with Crippen molar-refractivity contribution < 1.29 is 23.8 Å². The number of aromatic nitrogens is 2. The highest BCUT2D eigenvalue weighted by molar-refractivity contribution is 5.96. The van der Waals surface area contributed by atoms with E-state index in [0.29, 0.717) is 28.2 Å². The van der Waals surface area contributed by atoms with Crippen LogP contribution in [0.1, 0.15) is 26.5 Å². The van der Waals surface area contributed by atoms with Crippen LogP contribution < -0.4 is 10.1 Å². The Bertz CT molecular complexity index is 1200. The molecule has 136 valence electrons. The Labute approximate surface area is 153 Å². The molecule has 0 atom stereocenters.